The Balaban J connectivity index is 1.20. The van der Waals surface area contributed by atoms with E-state index in [4.69, 9.17) is 0 Å². The Labute approximate surface area is 308 Å². The predicted octanol–water partition coefficient (Wildman–Crippen LogP) is 13.0. The summed E-state index contributed by atoms with van der Waals surface area (Å²) in [6.45, 7) is 4.56. The number of hydrogen-bond donors (Lipinski definition) is 0. The molecule has 0 radical (unpaired) electrons. The lowest BCUT2D eigenvalue weighted by atomic mass is 9.91. The molecule has 0 saturated heterocycles. The van der Waals surface area contributed by atoms with Gasteiger partial charge in [0.1, 0.15) is 17.7 Å². The zero-order valence-corrected chi connectivity index (χ0v) is 32.4. The Morgan fingerprint density at radius 2 is 0.935 bits per heavy atom. The molecule has 3 heterocycles. The van der Waals surface area contributed by atoms with Crippen LogP contribution in [0.4, 0.5) is 0 Å². The van der Waals surface area contributed by atoms with Crippen LogP contribution in [0.25, 0.3) is 0 Å². The molecule has 7 aliphatic rings. The molecule has 10 heteroatoms. The van der Waals surface area contributed by atoms with Crippen LogP contribution in [-0.4, -0.2) is 11.5 Å². The van der Waals surface area contributed by atoms with E-state index in [1.165, 1.54) is 83.5 Å². The van der Waals surface area contributed by atoms with E-state index >= 15 is 0 Å². The molecular formula is C36H34N2S8. The smallest absolute Gasteiger partial charge is 0.129 e. The lowest BCUT2D eigenvalue weighted by Gasteiger charge is -2.16. The van der Waals surface area contributed by atoms with Crippen molar-refractivity contribution in [3.63, 3.8) is 0 Å². The Hall–Kier alpha value is -1.08. The number of nitrogens with zero attached hydrogens (tertiary/aromatic N) is 2. The van der Waals surface area contributed by atoms with Crippen LogP contribution in [0.5, 0.6) is 0 Å². The molecule has 0 N–H and O–H groups in total. The normalized spacial score (nSPS) is 18.0. The number of thioether (sulfide) groups is 8. The molecule has 236 valence electrons. The highest BCUT2D eigenvalue weighted by atomic mass is 32.3. The second-order valence-electron chi connectivity index (χ2n) is 11.2. The summed E-state index contributed by atoms with van der Waals surface area (Å²) in [5.74, 6) is 2.43. The third kappa shape index (κ3) is 8.74. The van der Waals surface area contributed by atoms with E-state index in [1.807, 2.05) is 70.6 Å². The number of rotatable bonds is 8. The summed E-state index contributed by atoms with van der Waals surface area (Å²) in [5, 5.41) is 19.2. The first-order valence-electron chi connectivity index (χ1n) is 15.5. The topological polar surface area (TPSA) is 47.6 Å². The first-order valence-corrected chi connectivity index (χ1v) is 22.4. The number of hydrogen-bond acceptors (Lipinski definition) is 10. The van der Waals surface area contributed by atoms with Crippen LogP contribution in [0.15, 0.2) is 94.9 Å². The minimum absolute atomic E-state index is 0.233. The van der Waals surface area contributed by atoms with Gasteiger partial charge in [-0.05, 0) is 83.4 Å². The number of benzene rings is 2. The molecular weight excluding hydrogens is 717 g/mol. The van der Waals surface area contributed by atoms with Crippen LogP contribution in [0, 0.1) is 22.7 Å². The van der Waals surface area contributed by atoms with E-state index in [1.54, 1.807) is 0 Å². The predicted molar refractivity (Wildman–Crippen MR) is 214 cm³/mol. The van der Waals surface area contributed by atoms with Gasteiger partial charge in [-0.3, -0.25) is 0 Å². The molecule has 2 aromatic carbocycles. The van der Waals surface area contributed by atoms with Gasteiger partial charge in [0, 0.05) is 0 Å². The molecule has 0 unspecified atom stereocenters. The van der Waals surface area contributed by atoms with Crippen molar-refractivity contribution in [2.45, 2.75) is 65.2 Å². The van der Waals surface area contributed by atoms with Gasteiger partial charge in [-0.2, -0.15) is 10.5 Å². The zero-order valence-electron chi connectivity index (χ0n) is 25.9. The largest absolute Gasteiger partial charge is 0.192 e. The maximum Gasteiger partial charge on any atom is 0.129 e. The standard InChI is InChI=1S/C36H34N2S8/c1-3-5-15-39-31-32(40-16-6-4-2)44-35(43-31)36-45-33-34(46-36)42-30(41-33)28-19-25-11-7-23(8-12-25)17-27(29(21-37)22-38)18-24-9-13-26(20-28)14-10-24/h7-14H,3-6,15-20H2,1-2H3. The fourth-order valence-corrected chi connectivity index (χ4v) is 18.0. The third-order valence-corrected chi connectivity index (χ3v) is 19.7. The third-order valence-electron chi connectivity index (χ3n) is 7.66. The van der Waals surface area contributed by atoms with Gasteiger partial charge in [-0.25, -0.2) is 0 Å². The number of nitriles is 2. The van der Waals surface area contributed by atoms with Crippen LogP contribution in [0.2, 0.25) is 0 Å². The summed E-state index contributed by atoms with van der Waals surface area (Å²) in [5.41, 5.74) is 7.47. The Kier molecular flexibility index (Phi) is 12.9. The van der Waals surface area contributed by atoms with Gasteiger partial charge in [-0.1, -0.05) is 146 Å². The fraction of sp³-hybridized carbons (Fsp3) is 0.333. The van der Waals surface area contributed by atoms with E-state index < -0.39 is 0 Å². The van der Waals surface area contributed by atoms with Crippen molar-refractivity contribution in [2.24, 2.45) is 0 Å². The SMILES string of the molecule is CCCCSC1=C(SCCCC)SC(=C2SC3=C(SC(=C4Cc5ccc(cc5)CC(=C(C#N)C#N)Cc5ccc(cc5)C4)S3)S2)S1. The van der Waals surface area contributed by atoms with Crippen LogP contribution < -0.4 is 0 Å². The minimum atomic E-state index is 0.233. The van der Waals surface area contributed by atoms with Crippen molar-refractivity contribution in [3.8, 4) is 12.1 Å². The molecule has 4 bridgehead atoms. The monoisotopic (exact) mass is 750 g/mol. The van der Waals surface area contributed by atoms with Crippen molar-refractivity contribution in [2.75, 3.05) is 11.5 Å². The average molecular weight is 751 g/mol. The van der Waals surface area contributed by atoms with E-state index in [9.17, 15) is 10.5 Å². The zero-order chi connectivity index (χ0) is 31.9. The van der Waals surface area contributed by atoms with E-state index in [2.05, 4.69) is 98.0 Å². The number of allylic oxidation sites excluding steroid dienone is 3. The van der Waals surface area contributed by atoms with Crippen molar-refractivity contribution in [1.82, 2.24) is 0 Å². The maximum absolute atomic E-state index is 9.59. The molecule has 2 aromatic rings. The van der Waals surface area contributed by atoms with Gasteiger partial charge < -0.3 is 0 Å². The molecule has 3 aliphatic heterocycles. The van der Waals surface area contributed by atoms with Gasteiger partial charge in [0.05, 0.1) is 29.7 Å². The van der Waals surface area contributed by atoms with Gasteiger partial charge >= 0.3 is 0 Å². The van der Waals surface area contributed by atoms with Gasteiger partial charge in [0.25, 0.3) is 0 Å². The lowest BCUT2D eigenvalue weighted by molar-refractivity contribution is 0.897. The van der Waals surface area contributed by atoms with Crippen LogP contribution in [-0.2, 0) is 25.7 Å². The molecule has 0 spiro atoms. The highest BCUT2D eigenvalue weighted by Gasteiger charge is 2.35. The fourth-order valence-electron chi connectivity index (χ4n) is 5.13. The minimum Gasteiger partial charge on any atom is -0.192 e. The molecule has 46 heavy (non-hydrogen) atoms. The van der Waals surface area contributed by atoms with Crippen LogP contribution in [0.3, 0.4) is 0 Å². The molecule has 0 atom stereocenters. The summed E-state index contributed by atoms with van der Waals surface area (Å²) >= 11 is 16.1. The maximum atomic E-state index is 9.59. The van der Waals surface area contributed by atoms with Gasteiger partial charge in [0.2, 0.25) is 0 Å². The quantitative estimate of drug-likeness (QED) is 0.192. The molecule has 2 nitrogen and oxygen atoms in total. The molecule has 4 aliphatic carbocycles. The second kappa shape index (κ2) is 17.0. The highest BCUT2D eigenvalue weighted by Crippen LogP contribution is 2.71. The number of unbranched alkanes of at least 4 members (excludes halogenated alkanes) is 2. The second-order valence-corrected chi connectivity index (χ2v) is 21.3. The van der Waals surface area contributed by atoms with E-state index in [-0.39, 0.29) is 5.57 Å². The van der Waals surface area contributed by atoms with Crippen molar-refractivity contribution in [3.05, 3.63) is 117 Å². The van der Waals surface area contributed by atoms with Crippen LogP contribution >= 0.6 is 94.1 Å². The average Bonchev–Trinajstić information content (AvgIpc) is 3.77. The Morgan fingerprint density at radius 1 is 0.565 bits per heavy atom. The van der Waals surface area contributed by atoms with E-state index in [0.717, 1.165) is 29.5 Å². The Bertz CT molecular complexity index is 1600. The lowest BCUT2D eigenvalue weighted by Crippen LogP contribution is -2.03. The van der Waals surface area contributed by atoms with E-state index in [0.29, 0.717) is 12.8 Å². The summed E-state index contributed by atoms with van der Waals surface area (Å²) in [7, 11) is 0. The summed E-state index contributed by atoms with van der Waals surface area (Å²) < 4.78 is 10.3. The van der Waals surface area contributed by atoms with Crippen LogP contribution in [0.1, 0.15) is 61.8 Å². The van der Waals surface area contributed by atoms with Crippen molar-refractivity contribution < 1.29 is 0 Å². The molecule has 0 fully saturated rings. The summed E-state index contributed by atoms with van der Waals surface area (Å²) in [4.78, 5) is 0. The van der Waals surface area contributed by atoms with Gasteiger partial charge in [0.15, 0.2) is 0 Å². The highest BCUT2D eigenvalue weighted by molar-refractivity contribution is 8.49. The molecule has 0 saturated carbocycles. The van der Waals surface area contributed by atoms with Gasteiger partial charge in [-0.15, -0.1) is 23.5 Å². The summed E-state index contributed by atoms with van der Waals surface area (Å²) in [6.07, 6.45) is 8.12. The molecule has 0 amide bonds. The molecule has 9 rings (SSSR count). The first kappa shape index (κ1) is 34.8. The molecule has 0 aromatic heterocycles. The van der Waals surface area contributed by atoms with Crippen molar-refractivity contribution in [1.29, 1.82) is 10.5 Å². The summed E-state index contributed by atoms with van der Waals surface area (Å²) in [6, 6.07) is 21.8. The Morgan fingerprint density at radius 3 is 1.33 bits per heavy atom. The van der Waals surface area contributed by atoms with Crippen molar-refractivity contribution >= 4 is 94.1 Å². The first-order chi connectivity index (χ1) is 22.6.